The van der Waals surface area contributed by atoms with Gasteiger partial charge in [-0.15, -0.1) is 0 Å². The van der Waals surface area contributed by atoms with Crippen LogP contribution in [0.3, 0.4) is 0 Å². The second-order valence-corrected chi connectivity index (χ2v) is 8.01. The molecule has 1 N–H and O–H groups in total. The molecule has 4 rings (SSSR count). The third-order valence-electron chi connectivity index (χ3n) is 5.57. The summed E-state index contributed by atoms with van der Waals surface area (Å²) in [4.78, 5) is 17.9. The van der Waals surface area contributed by atoms with Gasteiger partial charge in [0.15, 0.2) is 0 Å². The quantitative estimate of drug-likeness (QED) is 0.561. The first-order valence-electron chi connectivity index (χ1n) is 9.90. The maximum Gasteiger partial charge on any atom is 0.304 e. The Bertz CT molecular complexity index is 1020. The van der Waals surface area contributed by atoms with E-state index in [-0.39, 0.29) is 18.4 Å². The summed E-state index contributed by atoms with van der Waals surface area (Å²) in [5.74, 6) is -0.173. The average Bonchev–Trinajstić information content (AvgIpc) is 2.99. The molecule has 1 aliphatic heterocycles. The molecule has 3 aromatic rings. The summed E-state index contributed by atoms with van der Waals surface area (Å²) in [7, 11) is 0. The molecule has 2 atom stereocenters. The molecule has 2 heterocycles. The van der Waals surface area contributed by atoms with Crippen LogP contribution in [0.25, 0.3) is 0 Å². The highest BCUT2D eigenvalue weighted by atomic mass is 35.5. The number of carboxylic acids is 1. The van der Waals surface area contributed by atoms with Crippen LogP contribution in [0.5, 0.6) is 5.75 Å². The predicted molar refractivity (Wildman–Crippen MR) is 117 cm³/mol. The standard InChI is InChI=1S/C24H23ClN2O3/c1-16-21(12-24(28)29)22-11-20(30-15-18-3-2-10-26-13-18)8-9-23(22)27(16)14-17-4-6-19(25)7-5-17/h2-11,13,16,21H,12,14-15H2,1H3,(H,28,29). The molecule has 0 aliphatic carbocycles. The number of aromatic nitrogens is 1. The highest BCUT2D eigenvalue weighted by molar-refractivity contribution is 6.30. The molecule has 0 bridgehead atoms. The molecule has 0 radical (unpaired) electrons. The van der Waals surface area contributed by atoms with Crippen LogP contribution in [-0.2, 0) is 17.9 Å². The number of carbonyl (C=O) groups is 1. The number of halogens is 1. The van der Waals surface area contributed by atoms with Crippen molar-refractivity contribution in [3.8, 4) is 5.75 Å². The molecule has 2 aromatic carbocycles. The minimum absolute atomic E-state index is 0.0559. The first-order valence-corrected chi connectivity index (χ1v) is 10.3. The van der Waals surface area contributed by atoms with Crippen LogP contribution in [-0.4, -0.2) is 22.1 Å². The van der Waals surface area contributed by atoms with E-state index in [9.17, 15) is 9.90 Å². The topological polar surface area (TPSA) is 62.7 Å². The number of carboxylic acid groups (broad SMARTS) is 1. The number of ether oxygens (including phenoxy) is 1. The Balaban J connectivity index is 1.59. The molecule has 5 nitrogen and oxygen atoms in total. The van der Waals surface area contributed by atoms with Gasteiger partial charge in [-0.25, -0.2) is 0 Å². The molecule has 0 saturated carbocycles. The van der Waals surface area contributed by atoms with Gasteiger partial charge < -0.3 is 14.7 Å². The Labute approximate surface area is 180 Å². The van der Waals surface area contributed by atoms with Crippen molar-refractivity contribution in [2.45, 2.75) is 38.5 Å². The number of hydrogen-bond donors (Lipinski definition) is 1. The highest BCUT2D eigenvalue weighted by Gasteiger charge is 2.37. The zero-order chi connectivity index (χ0) is 21.1. The van der Waals surface area contributed by atoms with E-state index in [2.05, 4.69) is 16.8 Å². The summed E-state index contributed by atoms with van der Waals surface area (Å²) in [5.41, 5.74) is 4.18. The third-order valence-corrected chi connectivity index (χ3v) is 5.82. The first kappa shape index (κ1) is 20.2. The zero-order valence-electron chi connectivity index (χ0n) is 16.7. The lowest BCUT2D eigenvalue weighted by Crippen LogP contribution is -2.31. The largest absolute Gasteiger partial charge is 0.489 e. The molecule has 0 fully saturated rings. The van der Waals surface area contributed by atoms with Crippen molar-refractivity contribution in [1.29, 1.82) is 0 Å². The van der Waals surface area contributed by atoms with Crippen LogP contribution >= 0.6 is 11.6 Å². The van der Waals surface area contributed by atoms with E-state index in [0.717, 1.165) is 28.1 Å². The van der Waals surface area contributed by atoms with E-state index < -0.39 is 5.97 Å². The van der Waals surface area contributed by atoms with Crippen LogP contribution in [0.15, 0.2) is 67.0 Å². The summed E-state index contributed by atoms with van der Waals surface area (Å²) < 4.78 is 5.95. The fourth-order valence-electron chi connectivity index (χ4n) is 4.01. The van der Waals surface area contributed by atoms with Crippen molar-refractivity contribution < 1.29 is 14.6 Å². The Hall–Kier alpha value is -3.05. The van der Waals surface area contributed by atoms with Gasteiger partial charge in [-0.3, -0.25) is 9.78 Å². The molecule has 1 aromatic heterocycles. The van der Waals surface area contributed by atoms with E-state index in [4.69, 9.17) is 16.3 Å². The Morgan fingerprint density at radius 2 is 1.97 bits per heavy atom. The molecule has 1 aliphatic rings. The lowest BCUT2D eigenvalue weighted by atomic mass is 9.92. The van der Waals surface area contributed by atoms with E-state index in [0.29, 0.717) is 18.2 Å². The molecule has 6 heteroatoms. The van der Waals surface area contributed by atoms with E-state index in [1.807, 2.05) is 54.6 Å². The third kappa shape index (κ3) is 4.41. The second kappa shape index (κ2) is 8.76. The van der Waals surface area contributed by atoms with E-state index in [1.165, 1.54) is 0 Å². The SMILES string of the molecule is CC1C(CC(=O)O)c2cc(OCc3cccnc3)ccc2N1Cc1ccc(Cl)cc1. The second-order valence-electron chi connectivity index (χ2n) is 7.57. The van der Waals surface area contributed by atoms with Crippen LogP contribution in [0, 0.1) is 0 Å². The fourth-order valence-corrected chi connectivity index (χ4v) is 4.14. The normalized spacial score (nSPS) is 17.6. The summed E-state index contributed by atoms with van der Waals surface area (Å²) in [6.07, 6.45) is 3.58. The van der Waals surface area contributed by atoms with Crippen LogP contribution in [0.2, 0.25) is 5.02 Å². The number of aliphatic carboxylic acids is 1. The van der Waals surface area contributed by atoms with Gasteiger partial charge in [-0.05, 0) is 54.4 Å². The predicted octanol–water partition coefficient (Wildman–Crippen LogP) is 5.28. The van der Waals surface area contributed by atoms with Crippen molar-refractivity contribution in [1.82, 2.24) is 4.98 Å². The van der Waals surface area contributed by atoms with Crippen molar-refractivity contribution in [2.24, 2.45) is 0 Å². The van der Waals surface area contributed by atoms with Gasteiger partial charge in [0, 0.05) is 47.2 Å². The lowest BCUT2D eigenvalue weighted by Gasteiger charge is -2.27. The number of nitrogens with zero attached hydrogens (tertiary/aromatic N) is 2. The lowest BCUT2D eigenvalue weighted by molar-refractivity contribution is -0.137. The van der Waals surface area contributed by atoms with Gasteiger partial charge in [-0.1, -0.05) is 29.8 Å². The maximum absolute atomic E-state index is 11.5. The number of pyridine rings is 1. The molecule has 154 valence electrons. The van der Waals surface area contributed by atoms with Gasteiger partial charge in [-0.2, -0.15) is 0 Å². The number of anilines is 1. The van der Waals surface area contributed by atoms with Crippen LogP contribution in [0.1, 0.15) is 36.0 Å². The highest BCUT2D eigenvalue weighted by Crippen LogP contribution is 2.45. The van der Waals surface area contributed by atoms with E-state index in [1.54, 1.807) is 12.4 Å². The smallest absolute Gasteiger partial charge is 0.304 e. The molecule has 0 saturated heterocycles. The number of hydrogen-bond acceptors (Lipinski definition) is 4. The number of fused-ring (bicyclic) bond motifs is 1. The Morgan fingerprint density at radius 3 is 2.67 bits per heavy atom. The van der Waals surface area contributed by atoms with Gasteiger partial charge in [0.2, 0.25) is 0 Å². The fraction of sp³-hybridized carbons (Fsp3) is 0.250. The minimum atomic E-state index is -0.798. The Kier molecular flexibility index (Phi) is 5.91. The summed E-state index contributed by atoms with van der Waals surface area (Å²) >= 11 is 6.01. The molecular formula is C24H23ClN2O3. The monoisotopic (exact) mass is 422 g/mol. The summed E-state index contributed by atoms with van der Waals surface area (Å²) in [5, 5.41) is 10.2. The van der Waals surface area contributed by atoms with Gasteiger partial charge >= 0.3 is 5.97 Å². The van der Waals surface area contributed by atoms with Gasteiger partial charge in [0.05, 0.1) is 6.42 Å². The number of rotatable bonds is 7. The van der Waals surface area contributed by atoms with Crippen molar-refractivity contribution in [3.05, 3.63) is 88.7 Å². The Morgan fingerprint density at radius 1 is 1.17 bits per heavy atom. The molecular weight excluding hydrogens is 400 g/mol. The minimum Gasteiger partial charge on any atom is -0.489 e. The first-order chi connectivity index (χ1) is 14.5. The van der Waals surface area contributed by atoms with Crippen molar-refractivity contribution in [2.75, 3.05) is 4.90 Å². The van der Waals surface area contributed by atoms with Crippen LogP contribution < -0.4 is 9.64 Å². The average molecular weight is 423 g/mol. The van der Waals surface area contributed by atoms with Crippen molar-refractivity contribution >= 4 is 23.3 Å². The number of benzene rings is 2. The van der Waals surface area contributed by atoms with Crippen molar-refractivity contribution in [3.63, 3.8) is 0 Å². The van der Waals surface area contributed by atoms with Crippen LogP contribution in [0.4, 0.5) is 5.69 Å². The zero-order valence-corrected chi connectivity index (χ0v) is 17.4. The van der Waals surface area contributed by atoms with Gasteiger partial charge in [0.25, 0.3) is 0 Å². The summed E-state index contributed by atoms with van der Waals surface area (Å²) in [6, 6.07) is 17.6. The molecule has 0 spiro atoms. The maximum atomic E-state index is 11.5. The van der Waals surface area contributed by atoms with E-state index >= 15 is 0 Å². The summed E-state index contributed by atoms with van der Waals surface area (Å²) in [6.45, 7) is 3.19. The molecule has 30 heavy (non-hydrogen) atoms. The molecule has 2 unspecified atom stereocenters. The van der Waals surface area contributed by atoms with Gasteiger partial charge in [0.1, 0.15) is 12.4 Å². The molecule has 0 amide bonds.